The zero-order chi connectivity index (χ0) is 15.5. The van der Waals surface area contributed by atoms with Gasteiger partial charge in [0, 0.05) is 12.8 Å². The summed E-state index contributed by atoms with van der Waals surface area (Å²) in [5, 5.41) is 0.981. The van der Waals surface area contributed by atoms with Crippen molar-refractivity contribution in [1.82, 2.24) is 9.88 Å². The Bertz CT molecular complexity index is 680. The highest BCUT2D eigenvalue weighted by molar-refractivity contribution is 8.39. The first-order valence-corrected chi connectivity index (χ1v) is 9.85. The minimum Gasteiger partial charge on any atom is -0.336 e. The standard InChI is InChI=1S/C15H17N3OS3/c1-10(14-17-11-5-3-4-6-12(11)22-14)18(2)13(19)9-21-15-16-7-8-20-15/h3-6,10H,7-9H2,1-2H3/t10-/m1/s1. The van der Waals surface area contributed by atoms with Crippen LogP contribution >= 0.6 is 34.9 Å². The molecule has 0 saturated heterocycles. The number of rotatable bonds is 4. The Morgan fingerprint density at radius 3 is 3.00 bits per heavy atom. The molecule has 0 aliphatic carbocycles. The van der Waals surface area contributed by atoms with Crippen LogP contribution in [-0.2, 0) is 4.79 Å². The molecule has 116 valence electrons. The summed E-state index contributed by atoms with van der Waals surface area (Å²) in [4.78, 5) is 23.1. The minimum absolute atomic E-state index is 0.0105. The van der Waals surface area contributed by atoms with Crippen molar-refractivity contribution in [3.8, 4) is 0 Å². The van der Waals surface area contributed by atoms with Crippen LogP contribution in [-0.4, -0.2) is 45.3 Å². The van der Waals surface area contributed by atoms with Crippen molar-refractivity contribution >= 4 is 55.4 Å². The summed E-state index contributed by atoms with van der Waals surface area (Å²) < 4.78 is 2.20. The maximum atomic E-state index is 12.3. The molecule has 1 aromatic heterocycles. The van der Waals surface area contributed by atoms with Crippen molar-refractivity contribution in [2.45, 2.75) is 13.0 Å². The number of carbonyl (C=O) groups excluding carboxylic acids is 1. The molecule has 1 amide bonds. The molecule has 0 fully saturated rings. The summed E-state index contributed by atoms with van der Waals surface area (Å²) in [5.41, 5.74) is 1.00. The molecule has 22 heavy (non-hydrogen) atoms. The number of hydrogen-bond donors (Lipinski definition) is 0. The van der Waals surface area contributed by atoms with E-state index in [-0.39, 0.29) is 11.9 Å². The van der Waals surface area contributed by atoms with Crippen LogP contribution in [0.15, 0.2) is 29.3 Å². The maximum absolute atomic E-state index is 12.3. The second-order valence-corrected chi connectivity index (χ2v) is 8.35. The predicted molar refractivity (Wildman–Crippen MR) is 98.0 cm³/mol. The van der Waals surface area contributed by atoms with Crippen LogP contribution in [0.2, 0.25) is 0 Å². The van der Waals surface area contributed by atoms with E-state index in [2.05, 4.69) is 16.0 Å². The zero-order valence-corrected chi connectivity index (χ0v) is 14.9. The second kappa shape index (κ2) is 7.02. The van der Waals surface area contributed by atoms with E-state index in [1.54, 1.807) is 39.8 Å². The topological polar surface area (TPSA) is 45.6 Å². The molecule has 1 aliphatic rings. The van der Waals surface area contributed by atoms with Crippen molar-refractivity contribution in [1.29, 1.82) is 0 Å². The summed E-state index contributed by atoms with van der Waals surface area (Å²) >= 11 is 4.93. The number of aromatic nitrogens is 1. The van der Waals surface area contributed by atoms with Crippen LogP contribution < -0.4 is 0 Å². The number of thiazole rings is 1. The third-order valence-electron chi connectivity index (χ3n) is 3.52. The van der Waals surface area contributed by atoms with Crippen molar-refractivity contribution in [3.05, 3.63) is 29.3 Å². The van der Waals surface area contributed by atoms with Gasteiger partial charge < -0.3 is 4.90 Å². The van der Waals surface area contributed by atoms with Crippen molar-refractivity contribution in [2.24, 2.45) is 4.99 Å². The molecule has 0 radical (unpaired) electrons. The summed E-state index contributed by atoms with van der Waals surface area (Å²) in [7, 11) is 1.85. The number of benzene rings is 1. The van der Waals surface area contributed by atoms with Gasteiger partial charge >= 0.3 is 0 Å². The third kappa shape index (κ3) is 3.47. The van der Waals surface area contributed by atoms with Crippen LogP contribution in [0, 0.1) is 0 Å². The Labute approximate surface area is 142 Å². The molecule has 0 spiro atoms. The third-order valence-corrected chi connectivity index (χ3v) is 6.96. The fourth-order valence-electron chi connectivity index (χ4n) is 2.08. The second-order valence-electron chi connectivity index (χ2n) is 4.99. The van der Waals surface area contributed by atoms with E-state index in [4.69, 9.17) is 0 Å². The number of aliphatic imine (C=N–C) groups is 1. The monoisotopic (exact) mass is 351 g/mol. The van der Waals surface area contributed by atoms with Gasteiger partial charge in [0.25, 0.3) is 0 Å². The van der Waals surface area contributed by atoms with Gasteiger partial charge in [-0.15, -0.1) is 11.3 Å². The fraction of sp³-hybridized carbons (Fsp3) is 0.400. The zero-order valence-electron chi connectivity index (χ0n) is 12.5. The van der Waals surface area contributed by atoms with E-state index in [1.807, 2.05) is 32.2 Å². The molecule has 2 heterocycles. The van der Waals surface area contributed by atoms with Gasteiger partial charge in [-0.25, -0.2) is 4.98 Å². The molecule has 4 nitrogen and oxygen atoms in total. The SMILES string of the molecule is C[C@H](c1nc2ccccc2s1)N(C)C(=O)CSC1=NCCS1. The number of para-hydroxylation sites is 1. The molecule has 7 heteroatoms. The Kier molecular flexibility index (Phi) is 5.05. The molecule has 1 aliphatic heterocycles. The number of amides is 1. The van der Waals surface area contributed by atoms with Gasteiger partial charge in [-0.3, -0.25) is 9.79 Å². The van der Waals surface area contributed by atoms with Crippen LogP contribution in [0.4, 0.5) is 0 Å². The highest BCUT2D eigenvalue weighted by atomic mass is 32.2. The number of carbonyl (C=O) groups is 1. The van der Waals surface area contributed by atoms with Gasteiger partial charge in [-0.05, 0) is 19.1 Å². The highest BCUT2D eigenvalue weighted by Gasteiger charge is 2.21. The minimum atomic E-state index is -0.0105. The number of thioether (sulfide) groups is 2. The van der Waals surface area contributed by atoms with Gasteiger partial charge in [0.05, 0.1) is 28.6 Å². The van der Waals surface area contributed by atoms with E-state index >= 15 is 0 Å². The van der Waals surface area contributed by atoms with E-state index in [1.165, 1.54) is 0 Å². The quantitative estimate of drug-likeness (QED) is 0.843. The first-order chi connectivity index (χ1) is 10.6. The molecule has 3 rings (SSSR count). The number of hydrogen-bond acceptors (Lipinski definition) is 6. The maximum Gasteiger partial charge on any atom is 0.233 e. The summed E-state index contributed by atoms with van der Waals surface area (Å²) in [5.74, 6) is 1.60. The van der Waals surface area contributed by atoms with Crippen LogP contribution in [0.3, 0.4) is 0 Å². The lowest BCUT2D eigenvalue weighted by Gasteiger charge is -2.23. The van der Waals surface area contributed by atoms with Gasteiger partial charge in [0.1, 0.15) is 9.38 Å². The summed E-state index contributed by atoms with van der Waals surface area (Å²) in [6.45, 7) is 2.90. The van der Waals surface area contributed by atoms with Crippen LogP contribution in [0.25, 0.3) is 10.2 Å². The normalized spacial score (nSPS) is 15.8. The molecule has 0 N–H and O–H groups in total. The predicted octanol–water partition coefficient (Wildman–Crippen LogP) is 3.65. The average molecular weight is 352 g/mol. The van der Waals surface area contributed by atoms with Crippen LogP contribution in [0.5, 0.6) is 0 Å². The lowest BCUT2D eigenvalue weighted by atomic mass is 10.3. The van der Waals surface area contributed by atoms with Crippen molar-refractivity contribution < 1.29 is 4.79 Å². The van der Waals surface area contributed by atoms with Gasteiger partial charge in [-0.2, -0.15) is 0 Å². The summed E-state index contributed by atoms with van der Waals surface area (Å²) in [6, 6.07) is 8.07. The molecule has 0 bridgehead atoms. The van der Waals surface area contributed by atoms with Crippen molar-refractivity contribution in [2.75, 3.05) is 25.1 Å². The molecule has 0 unspecified atom stereocenters. The number of fused-ring (bicyclic) bond motifs is 1. The molecular weight excluding hydrogens is 334 g/mol. The first-order valence-electron chi connectivity index (χ1n) is 7.06. The van der Waals surface area contributed by atoms with E-state index in [0.29, 0.717) is 5.75 Å². The van der Waals surface area contributed by atoms with E-state index in [9.17, 15) is 4.79 Å². The lowest BCUT2D eigenvalue weighted by Crippen LogP contribution is -2.31. The lowest BCUT2D eigenvalue weighted by molar-refractivity contribution is -0.128. The van der Waals surface area contributed by atoms with E-state index < -0.39 is 0 Å². The molecule has 2 aromatic rings. The van der Waals surface area contributed by atoms with Gasteiger partial charge in [-0.1, -0.05) is 35.7 Å². The Morgan fingerprint density at radius 2 is 2.27 bits per heavy atom. The Hall–Kier alpha value is -1.05. The Balaban J connectivity index is 1.64. The molecule has 1 aromatic carbocycles. The molecule has 0 saturated carbocycles. The van der Waals surface area contributed by atoms with Gasteiger partial charge in [0.15, 0.2) is 0 Å². The van der Waals surface area contributed by atoms with E-state index in [0.717, 1.165) is 31.9 Å². The first kappa shape index (κ1) is 15.8. The van der Waals surface area contributed by atoms with Crippen molar-refractivity contribution in [3.63, 3.8) is 0 Å². The molecule has 1 atom stereocenters. The fourth-order valence-corrected chi connectivity index (χ4v) is 5.07. The number of nitrogens with zero attached hydrogens (tertiary/aromatic N) is 3. The Morgan fingerprint density at radius 1 is 1.45 bits per heavy atom. The summed E-state index contributed by atoms with van der Waals surface area (Å²) in [6.07, 6.45) is 0. The van der Waals surface area contributed by atoms with Crippen LogP contribution in [0.1, 0.15) is 18.0 Å². The highest BCUT2D eigenvalue weighted by Crippen LogP contribution is 2.29. The van der Waals surface area contributed by atoms with Gasteiger partial charge in [0.2, 0.25) is 5.91 Å². The average Bonchev–Trinajstić information content (AvgIpc) is 3.19. The smallest absolute Gasteiger partial charge is 0.233 e. The molecular formula is C15H17N3OS3. The largest absolute Gasteiger partial charge is 0.336 e.